The second-order valence-corrected chi connectivity index (χ2v) is 7.70. The average molecular weight is 411 g/mol. The standard InChI is InChI=1S/C22H17N7S/c1-13(8-25-12-23-2)17-7-15-20(11-26-17)28-29-22(15)18-6-14-16(21-4-3-5-30-21)9-24-10-19(14)27-18/h3-12,27H,2H2,1H3,(H,28,29)/b13-8+,25-12?. The summed E-state index contributed by atoms with van der Waals surface area (Å²) in [5, 5.41) is 11.8. The lowest BCUT2D eigenvalue weighted by molar-refractivity contribution is 1.11. The smallest absolute Gasteiger partial charge is 0.116 e. The number of rotatable bonds is 5. The lowest BCUT2D eigenvalue weighted by Crippen LogP contribution is -1.86. The Bertz CT molecular complexity index is 1420. The van der Waals surface area contributed by atoms with E-state index >= 15 is 0 Å². The van der Waals surface area contributed by atoms with Gasteiger partial charge in [0.2, 0.25) is 0 Å². The molecule has 0 aliphatic heterocycles. The summed E-state index contributed by atoms with van der Waals surface area (Å²) in [5.41, 5.74) is 6.46. The minimum absolute atomic E-state index is 0.823. The van der Waals surface area contributed by atoms with Gasteiger partial charge in [0, 0.05) is 33.6 Å². The van der Waals surface area contributed by atoms with Gasteiger partial charge < -0.3 is 4.98 Å². The molecule has 0 unspecified atom stereocenters. The molecule has 2 N–H and O–H groups in total. The van der Waals surface area contributed by atoms with Crippen LogP contribution in [-0.2, 0) is 0 Å². The molecule has 0 fully saturated rings. The fraction of sp³-hybridized carbons (Fsp3) is 0.0455. The van der Waals surface area contributed by atoms with E-state index in [0.29, 0.717) is 0 Å². The molecule has 0 saturated carbocycles. The van der Waals surface area contributed by atoms with Crippen LogP contribution >= 0.6 is 11.3 Å². The third kappa shape index (κ3) is 3.13. The van der Waals surface area contributed by atoms with Crippen molar-refractivity contribution < 1.29 is 0 Å². The van der Waals surface area contributed by atoms with Gasteiger partial charge in [0.05, 0.1) is 34.8 Å². The minimum atomic E-state index is 0.823. The van der Waals surface area contributed by atoms with Crippen LogP contribution in [0.5, 0.6) is 0 Å². The number of pyridine rings is 2. The lowest BCUT2D eigenvalue weighted by atomic mass is 10.1. The molecule has 0 atom stereocenters. The molecule has 0 saturated heterocycles. The number of H-pyrrole nitrogens is 2. The average Bonchev–Trinajstić information content (AvgIpc) is 3.51. The zero-order valence-electron chi connectivity index (χ0n) is 16.1. The SMILES string of the molecule is C=NC=N/C=C(\C)c1cc2c(-c3cc4c(-c5cccs5)cncc4[nH]3)n[nH]c2cn1. The molecule has 8 heteroatoms. The van der Waals surface area contributed by atoms with Crippen molar-refractivity contribution in [3.63, 3.8) is 0 Å². The van der Waals surface area contributed by atoms with E-state index in [1.54, 1.807) is 23.7 Å². The summed E-state index contributed by atoms with van der Waals surface area (Å²) >= 11 is 1.70. The summed E-state index contributed by atoms with van der Waals surface area (Å²) in [4.78, 5) is 21.3. The minimum Gasteiger partial charge on any atom is -0.352 e. The number of fused-ring (bicyclic) bond motifs is 2. The Kier molecular flexibility index (Phi) is 4.53. The number of thiophene rings is 1. The van der Waals surface area contributed by atoms with Crippen LogP contribution in [0.3, 0.4) is 0 Å². The Labute approximate surface area is 176 Å². The van der Waals surface area contributed by atoms with Crippen LogP contribution in [0.1, 0.15) is 12.6 Å². The summed E-state index contributed by atoms with van der Waals surface area (Å²) in [5.74, 6) is 0. The molecule has 146 valence electrons. The van der Waals surface area contributed by atoms with Crippen molar-refractivity contribution >= 4 is 51.8 Å². The molecule has 5 aromatic heterocycles. The number of hydrogen-bond donors (Lipinski definition) is 2. The van der Waals surface area contributed by atoms with Crippen LogP contribution in [0, 0.1) is 0 Å². The van der Waals surface area contributed by atoms with Gasteiger partial charge in [-0.25, -0.2) is 4.99 Å². The maximum Gasteiger partial charge on any atom is 0.116 e. The van der Waals surface area contributed by atoms with E-state index in [-0.39, 0.29) is 0 Å². The summed E-state index contributed by atoms with van der Waals surface area (Å²) < 4.78 is 0. The van der Waals surface area contributed by atoms with Crippen LogP contribution in [-0.4, -0.2) is 38.2 Å². The molecule has 0 aromatic carbocycles. The van der Waals surface area contributed by atoms with Crippen LogP contribution in [0.2, 0.25) is 0 Å². The van der Waals surface area contributed by atoms with Crippen molar-refractivity contribution in [2.45, 2.75) is 6.92 Å². The zero-order valence-corrected chi connectivity index (χ0v) is 16.9. The number of aromatic nitrogens is 5. The largest absolute Gasteiger partial charge is 0.352 e. The molecule has 5 aromatic rings. The maximum absolute atomic E-state index is 4.54. The zero-order chi connectivity index (χ0) is 20.5. The highest BCUT2D eigenvalue weighted by molar-refractivity contribution is 7.13. The van der Waals surface area contributed by atoms with Gasteiger partial charge in [-0.1, -0.05) is 6.07 Å². The third-order valence-corrected chi connectivity index (χ3v) is 5.76. The van der Waals surface area contributed by atoms with Gasteiger partial charge in [-0.05, 0) is 42.8 Å². The number of hydrogen-bond acceptors (Lipinski definition) is 5. The molecule has 5 heterocycles. The van der Waals surface area contributed by atoms with Gasteiger partial charge in [0.25, 0.3) is 0 Å². The predicted octanol–water partition coefficient (Wildman–Crippen LogP) is 5.32. The first-order chi connectivity index (χ1) is 14.7. The quantitative estimate of drug-likeness (QED) is 0.303. The molecule has 7 nitrogen and oxygen atoms in total. The van der Waals surface area contributed by atoms with E-state index in [1.165, 1.54) is 11.2 Å². The van der Waals surface area contributed by atoms with Gasteiger partial charge in [-0.3, -0.25) is 20.1 Å². The molecule has 0 aliphatic carbocycles. The number of allylic oxidation sites excluding steroid dienone is 1. The third-order valence-electron chi connectivity index (χ3n) is 4.86. The van der Waals surface area contributed by atoms with Crippen molar-refractivity contribution in [2.75, 3.05) is 0 Å². The van der Waals surface area contributed by atoms with Crippen molar-refractivity contribution in [2.24, 2.45) is 9.98 Å². The van der Waals surface area contributed by atoms with Gasteiger partial charge in [-0.2, -0.15) is 5.10 Å². The molecule has 0 spiro atoms. The summed E-state index contributed by atoms with van der Waals surface area (Å²) in [7, 11) is 0. The van der Waals surface area contributed by atoms with Gasteiger partial charge in [-0.15, -0.1) is 11.3 Å². The maximum atomic E-state index is 4.54. The summed E-state index contributed by atoms with van der Waals surface area (Å²) in [6, 6.07) is 8.30. The Morgan fingerprint density at radius 2 is 2.10 bits per heavy atom. The predicted molar refractivity (Wildman–Crippen MR) is 124 cm³/mol. The molecule has 0 amide bonds. The monoisotopic (exact) mass is 411 g/mol. The highest BCUT2D eigenvalue weighted by Gasteiger charge is 2.15. The van der Waals surface area contributed by atoms with Crippen LogP contribution in [0.4, 0.5) is 0 Å². The van der Waals surface area contributed by atoms with E-state index in [4.69, 9.17) is 0 Å². The second kappa shape index (κ2) is 7.49. The fourth-order valence-electron chi connectivity index (χ4n) is 3.40. The van der Waals surface area contributed by atoms with E-state index < -0.39 is 0 Å². The molecule has 0 bridgehead atoms. The Morgan fingerprint density at radius 1 is 1.17 bits per heavy atom. The summed E-state index contributed by atoms with van der Waals surface area (Å²) in [6.45, 7) is 5.34. The van der Waals surface area contributed by atoms with Gasteiger partial charge >= 0.3 is 0 Å². The van der Waals surface area contributed by atoms with Gasteiger partial charge in [0.1, 0.15) is 12.0 Å². The van der Waals surface area contributed by atoms with Crippen molar-refractivity contribution in [1.29, 1.82) is 0 Å². The molecule has 0 aliphatic rings. The highest BCUT2D eigenvalue weighted by atomic mass is 32.1. The van der Waals surface area contributed by atoms with E-state index in [1.807, 2.05) is 31.5 Å². The first-order valence-electron chi connectivity index (χ1n) is 9.24. The Balaban J connectivity index is 1.63. The molecule has 0 radical (unpaired) electrons. The molecular formula is C22H17N7S. The molecular weight excluding hydrogens is 394 g/mol. The van der Waals surface area contributed by atoms with Crippen LogP contribution in [0.15, 0.2) is 64.4 Å². The van der Waals surface area contributed by atoms with E-state index in [2.05, 4.69) is 59.4 Å². The summed E-state index contributed by atoms with van der Waals surface area (Å²) in [6.07, 6.45) is 8.65. The number of aliphatic imine (C=N–C) groups is 2. The highest BCUT2D eigenvalue weighted by Crippen LogP contribution is 2.35. The number of nitrogens with one attached hydrogen (secondary N) is 2. The first-order valence-corrected chi connectivity index (χ1v) is 10.1. The van der Waals surface area contributed by atoms with E-state index in [0.717, 1.165) is 50.0 Å². The van der Waals surface area contributed by atoms with Crippen molar-refractivity contribution in [3.05, 3.63) is 60.1 Å². The van der Waals surface area contributed by atoms with Crippen molar-refractivity contribution in [1.82, 2.24) is 25.1 Å². The Hall–Kier alpha value is -3.91. The van der Waals surface area contributed by atoms with Gasteiger partial charge in [0.15, 0.2) is 0 Å². The lowest BCUT2D eigenvalue weighted by Gasteiger charge is -2.00. The van der Waals surface area contributed by atoms with Crippen LogP contribution in [0.25, 0.3) is 49.2 Å². The number of aromatic amines is 2. The van der Waals surface area contributed by atoms with Crippen LogP contribution < -0.4 is 0 Å². The van der Waals surface area contributed by atoms with E-state index in [9.17, 15) is 0 Å². The molecule has 30 heavy (non-hydrogen) atoms. The Morgan fingerprint density at radius 3 is 2.93 bits per heavy atom. The first kappa shape index (κ1) is 18.1. The van der Waals surface area contributed by atoms with Crippen molar-refractivity contribution in [3.8, 4) is 21.8 Å². The second-order valence-electron chi connectivity index (χ2n) is 6.76. The fourth-order valence-corrected chi connectivity index (χ4v) is 4.15. The normalized spacial score (nSPS) is 12.4. The molecule has 5 rings (SSSR count). The number of nitrogens with zero attached hydrogens (tertiary/aromatic N) is 5. The topological polar surface area (TPSA) is 95.0 Å².